The Morgan fingerprint density at radius 3 is 2.69 bits per heavy atom. The largest absolute Gasteiger partial charge is 0.500 e. The molecule has 0 aliphatic carbocycles. The Labute approximate surface area is 87.9 Å². The number of hydrogen-bond acceptors (Lipinski definition) is 1. The van der Waals surface area contributed by atoms with E-state index in [1.54, 1.807) is 7.11 Å². The second-order valence-corrected chi connectivity index (χ2v) is 3.14. The van der Waals surface area contributed by atoms with Gasteiger partial charge >= 0.3 is 0 Å². The van der Waals surface area contributed by atoms with E-state index in [4.69, 9.17) is 27.9 Å². The van der Waals surface area contributed by atoms with Crippen LogP contribution in [0.2, 0.25) is 5.02 Å². The Hall–Kier alpha value is -0.660. The highest BCUT2D eigenvalue weighted by atomic mass is 35.5. The minimum Gasteiger partial charge on any atom is -0.500 e. The molecule has 3 heteroatoms. The highest BCUT2D eigenvalue weighted by Crippen LogP contribution is 2.18. The van der Waals surface area contributed by atoms with Gasteiger partial charge in [0.2, 0.25) is 0 Å². The Balaban J connectivity index is 2.95. The van der Waals surface area contributed by atoms with Crippen LogP contribution in [0.15, 0.2) is 30.0 Å². The summed E-state index contributed by atoms with van der Waals surface area (Å²) in [5, 5.41) is 0.696. The van der Waals surface area contributed by atoms with Gasteiger partial charge in [-0.2, -0.15) is 0 Å². The summed E-state index contributed by atoms with van der Waals surface area (Å²) >= 11 is 11.6. The van der Waals surface area contributed by atoms with Gasteiger partial charge in [-0.25, -0.2) is 0 Å². The van der Waals surface area contributed by atoms with Crippen molar-refractivity contribution in [3.8, 4) is 0 Å². The fraction of sp³-hybridized carbons (Fsp3) is 0.200. The van der Waals surface area contributed by atoms with Crippen LogP contribution in [0, 0.1) is 0 Å². The molecule has 1 aromatic rings. The molecule has 0 unspecified atom stereocenters. The molecule has 1 rings (SSSR count). The lowest BCUT2D eigenvalue weighted by Crippen LogP contribution is -1.87. The predicted octanol–water partition coefficient (Wildman–Crippen LogP) is 3.57. The van der Waals surface area contributed by atoms with E-state index in [0.29, 0.717) is 16.7 Å². The van der Waals surface area contributed by atoms with Crippen molar-refractivity contribution in [1.29, 1.82) is 0 Å². The maximum Gasteiger partial charge on any atom is 0.111 e. The monoisotopic (exact) mass is 216 g/mol. The summed E-state index contributed by atoms with van der Waals surface area (Å²) in [4.78, 5) is 0. The van der Waals surface area contributed by atoms with Crippen LogP contribution in [0.4, 0.5) is 0 Å². The van der Waals surface area contributed by atoms with Gasteiger partial charge in [-0.15, -0.1) is 11.6 Å². The number of methoxy groups -OCH3 is 1. The lowest BCUT2D eigenvalue weighted by atomic mass is 10.2. The number of hydrogen-bond donors (Lipinski definition) is 0. The standard InChI is InChI=1S/C10H10Cl2O/c1-13-9(7-11)6-8-4-2-3-5-10(8)12/h2-6H,7H2,1H3. The molecule has 0 aliphatic rings. The summed E-state index contributed by atoms with van der Waals surface area (Å²) < 4.78 is 5.03. The lowest BCUT2D eigenvalue weighted by molar-refractivity contribution is 0.299. The van der Waals surface area contributed by atoms with E-state index in [9.17, 15) is 0 Å². The maximum atomic E-state index is 5.94. The zero-order chi connectivity index (χ0) is 9.68. The summed E-state index contributed by atoms with van der Waals surface area (Å²) in [6.45, 7) is 0. The van der Waals surface area contributed by atoms with Crippen LogP contribution in [0.3, 0.4) is 0 Å². The molecule has 0 saturated heterocycles. The molecule has 0 saturated carbocycles. The van der Waals surface area contributed by atoms with Gasteiger partial charge in [-0.05, 0) is 17.7 Å². The molecule has 0 atom stereocenters. The molecule has 0 amide bonds. The first-order valence-corrected chi connectivity index (χ1v) is 4.74. The summed E-state index contributed by atoms with van der Waals surface area (Å²) in [7, 11) is 1.59. The molecule has 0 radical (unpaired) electrons. The van der Waals surface area contributed by atoms with E-state index >= 15 is 0 Å². The third-order valence-electron chi connectivity index (χ3n) is 1.62. The van der Waals surface area contributed by atoms with Crippen molar-refractivity contribution in [3.63, 3.8) is 0 Å². The molecule has 0 fully saturated rings. The molecule has 0 spiro atoms. The number of alkyl halides is 1. The van der Waals surface area contributed by atoms with Crippen molar-refractivity contribution >= 4 is 29.3 Å². The lowest BCUT2D eigenvalue weighted by Gasteiger charge is -2.02. The molecule has 0 bridgehead atoms. The van der Waals surface area contributed by atoms with Crippen LogP contribution in [0.5, 0.6) is 0 Å². The fourth-order valence-corrected chi connectivity index (χ4v) is 1.29. The quantitative estimate of drug-likeness (QED) is 0.555. The molecule has 0 heterocycles. The SMILES string of the molecule is COC(=Cc1ccccc1Cl)CCl. The minimum absolute atomic E-state index is 0.349. The number of halogens is 2. The van der Waals surface area contributed by atoms with Gasteiger partial charge in [0, 0.05) is 5.02 Å². The highest BCUT2D eigenvalue weighted by Gasteiger charge is 1.98. The molecule has 70 valence electrons. The maximum absolute atomic E-state index is 5.94. The topological polar surface area (TPSA) is 9.23 Å². The first-order valence-electron chi connectivity index (χ1n) is 3.83. The Morgan fingerprint density at radius 1 is 1.46 bits per heavy atom. The molecule has 13 heavy (non-hydrogen) atoms. The van der Waals surface area contributed by atoms with Crippen LogP contribution in [-0.4, -0.2) is 13.0 Å². The Kier molecular flexibility index (Phi) is 4.13. The van der Waals surface area contributed by atoms with E-state index < -0.39 is 0 Å². The Bertz CT molecular complexity index is 302. The van der Waals surface area contributed by atoms with Gasteiger partial charge in [0.15, 0.2) is 0 Å². The van der Waals surface area contributed by atoms with Crippen molar-refractivity contribution in [2.24, 2.45) is 0 Å². The smallest absolute Gasteiger partial charge is 0.111 e. The van der Waals surface area contributed by atoms with Gasteiger partial charge < -0.3 is 4.74 Å². The second kappa shape index (κ2) is 5.15. The first-order chi connectivity index (χ1) is 6.27. The summed E-state index contributed by atoms with van der Waals surface area (Å²) in [5.41, 5.74) is 0.918. The number of allylic oxidation sites excluding steroid dienone is 1. The number of benzene rings is 1. The van der Waals surface area contributed by atoms with Gasteiger partial charge in [-0.3, -0.25) is 0 Å². The van der Waals surface area contributed by atoms with Crippen molar-refractivity contribution in [2.45, 2.75) is 0 Å². The Morgan fingerprint density at radius 2 is 2.15 bits per heavy atom. The number of rotatable bonds is 3. The van der Waals surface area contributed by atoms with Crippen LogP contribution in [-0.2, 0) is 4.74 Å². The van der Waals surface area contributed by atoms with E-state index in [1.165, 1.54) is 0 Å². The zero-order valence-electron chi connectivity index (χ0n) is 7.26. The molecule has 1 aromatic carbocycles. The van der Waals surface area contributed by atoms with E-state index in [2.05, 4.69) is 0 Å². The third-order valence-corrected chi connectivity index (χ3v) is 2.22. The summed E-state index contributed by atoms with van der Waals surface area (Å²) in [6, 6.07) is 7.54. The van der Waals surface area contributed by atoms with Crippen molar-refractivity contribution in [1.82, 2.24) is 0 Å². The van der Waals surface area contributed by atoms with Crippen molar-refractivity contribution < 1.29 is 4.74 Å². The van der Waals surface area contributed by atoms with Crippen LogP contribution in [0.1, 0.15) is 5.56 Å². The molecular weight excluding hydrogens is 207 g/mol. The molecule has 0 aliphatic heterocycles. The third kappa shape index (κ3) is 2.94. The molecular formula is C10H10Cl2O. The molecule has 0 aromatic heterocycles. The summed E-state index contributed by atoms with van der Waals surface area (Å²) in [6.07, 6.45) is 1.83. The van der Waals surface area contributed by atoms with E-state index in [1.807, 2.05) is 30.3 Å². The van der Waals surface area contributed by atoms with E-state index in [0.717, 1.165) is 5.56 Å². The van der Waals surface area contributed by atoms with Gasteiger partial charge in [0.25, 0.3) is 0 Å². The average Bonchev–Trinajstić information content (AvgIpc) is 2.17. The van der Waals surface area contributed by atoms with Gasteiger partial charge in [-0.1, -0.05) is 29.8 Å². The fourth-order valence-electron chi connectivity index (χ4n) is 0.918. The van der Waals surface area contributed by atoms with Crippen LogP contribution in [0.25, 0.3) is 6.08 Å². The van der Waals surface area contributed by atoms with Gasteiger partial charge in [0.05, 0.1) is 13.0 Å². The zero-order valence-corrected chi connectivity index (χ0v) is 8.77. The average molecular weight is 217 g/mol. The predicted molar refractivity (Wildman–Crippen MR) is 57.2 cm³/mol. The summed E-state index contributed by atoms with van der Waals surface area (Å²) in [5.74, 6) is 1.05. The van der Waals surface area contributed by atoms with Crippen LogP contribution >= 0.6 is 23.2 Å². The van der Waals surface area contributed by atoms with Crippen molar-refractivity contribution in [3.05, 3.63) is 40.6 Å². The normalized spacial score (nSPS) is 11.5. The second-order valence-electron chi connectivity index (χ2n) is 2.47. The highest BCUT2D eigenvalue weighted by molar-refractivity contribution is 6.32. The van der Waals surface area contributed by atoms with E-state index in [-0.39, 0.29) is 0 Å². The van der Waals surface area contributed by atoms with Crippen LogP contribution < -0.4 is 0 Å². The van der Waals surface area contributed by atoms with Gasteiger partial charge in [0.1, 0.15) is 5.76 Å². The minimum atomic E-state index is 0.349. The molecule has 0 N–H and O–H groups in total. The molecule has 1 nitrogen and oxygen atoms in total. The first kappa shape index (κ1) is 10.4. The van der Waals surface area contributed by atoms with Crippen molar-refractivity contribution in [2.75, 3.05) is 13.0 Å². The number of ether oxygens (including phenoxy) is 1.